The summed E-state index contributed by atoms with van der Waals surface area (Å²) in [5, 5.41) is 1.96. The lowest BCUT2D eigenvalue weighted by Crippen LogP contribution is -2.02. The monoisotopic (exact) mass is 674 g/mol. The van der Waals surface area contributed by atoms with Crippen LogP contribution in [0.5, 0.6) is 0 Å². The van der Waals surface area contributed by atoms with E-state index >= 15 is 0 Å². The van der Waals surface area contributed by atoms with Crippen LogP contribution >= 0.6 is 12.6 Å². The highest BCUT2D eigenvalue weighted by atomic mass is 32.1. The van der Waals surface area contributed by atoms with E-state index in [0.29, 0.717) is 17.5 Å². The van der Waals surface area contributed by atoms with Gasteiger partial charge in [-0.05, 0) is 71.1 Å². The van der Waals surface area contributed by atoms with E-state index in [4.69, 9.17) is 32.0 Å². The molecule has 9 rings (SSSR count). The zero-order valence-corrected chi connectivity index (χ0v) is 28.5. The van der Waals surface area contributed by atoms with Crippen molar-refractivity contribution < 1.29 is 4.42 Å². The normalized spacial score (nSPS) is 11.3. The predicted octanol–water partition coefficient (Wildman–Crippen LogP) is 11.8. The summed E-state index contributed by atoms with van der Waals surface area (Å²) >= 11 is 4.76. The Morgan fingerprint density at radius 2 is 1.12 bits per heavy atom. The second kappa shape index (κ2) is 12.8. The predicted molar refractivity (Wildman–Crippen MR) is 210 cm³/mol. The lowest BCUT2D eigenvalue weighted by atomic mass is 9.96. The number of pyridine rings is 1. The lowest BCUT2D eigenvalue weighted by Gasteiger charge is -2.14. The van der Waals surface area contributed by atoms with Gasteiger partial charge in [-0.3, -0.25) is 4.98 Å². The number of hydrogen-bond acceptors (Lipinski definition) is 6. The van der Waals surface area contributed by atoms with E-state index in [1.165, 1.54) is 0 Å². The van der Waals surface area contributed by atoms with Gasteiger partial charge >= 0.3 is 0 Å². The number of hydrogen-bond donors (Lipinski definition) is 1. The molecule has 0 aliphatic rings. The molecule has 6 aromatic carbocycles. The molecule has 0 radical (unpaired) electrons. The molecule has 0 fully saturated rings. The molecule has 0 atom stereocenters. The molecule has 51 heavy (non-hydrogen) atoms. The Kier molecular flexibility index (Phi) is 7.71. The Bertz CT molecular complexity index is 2710. The molecule has 6 heteroatoms. The molecule has 0 spiro atoms. The van der Waals surface area contributed by atoms with Gasteiger partial charge in [0, 0.05) is 44.1 Å². The third-order valence-corrected chi connectivity index (χ3v) is 9.74. The summed E-state index contributed by atoms with van der Waals surface area (Å²) in [4.78, 5) is 20.8. The molecular weight excluding hydrogens is 645 g/mol. The molecule has 3 aromatic heterocycles. The fraction of sp³-hybridized carbons (Fsp3) is 0.0222. The van der Waals surface area contributed by atoms with Gasteiger partial charge < -0.3 is 4.42 Å². The average molecular weight is 675 g/mol. The van der Waals surface area contributed by atoms with Gasteiger partial charge in [-0.2, -0.15) is 0 Å². The Labute approximate surface area is 300 Å². The highest BCUT2D eigenvalue weighted by Crippen LogP contribution is 2.39. The minimum atomic E-state index is 0.580. The SMILES string of the molecule is Cc1c(-c2nc(-c3ccccc3)nc(-c3cccc4oc5ccc(-c6ccc(-c7ccccn7)cc6)cc5c34)n2)cccc1-c1ccccc1S. The summed E-state index contributed by atoms with van der Waals surface area (Å²) in [5.41, 5.74) is 11.8. The number of furan rings is 1. The molecule has 9 aromatic rings. The fourth-order valence-corrected chi connectivity index (χ4v) is 7.04. The Balaban J connectivity index is 1.21. The van der Waals surface area contributed by atoms with Crippen molar-refractivity contribution in [2.75, 3.05) is 0 Å². The van der Waals surface area contributed by atoms with Crippen molar-refractivity contribution in [2.24, 2.45) is 0 Å². The molecule has 5 nitrogen and oxygen atoms in total. The van der Waals surface area contributed by atoms with Crippen molar-refractivity contribution in [2.45, 2.75) is 11.8 Å². The first-order valence-electron chi connectivity index (χ1n) is 16.8. The molecule has 0 saturated carbocycles. The van der Waals surface area contributed by atoms with Crippen LogP contribution in [0, 0.1) is 6.92 Å². The van der Waals surface area contributed by atoms with E-state index in [1.807, 2.05) is 91.1 Å². The summed E-state index contributed by atoms with van der Waals surface area (Å²) in [6, 6.07) is 51.3. The Morgan fingerprint density at radius 1 is 0.471 bits per heavy atom. The average Bonchev–Trinajstić information content (AvgIpc) is 3.57. The first kappa shape index (κ1) is 30.7. The van der Waals surface area contributed by atoms with Crippen LogP contribution in [0.2, 0.25) is 0 Å². The number of fused-ring (bicyclic) bond motifs is 3. The van der Waals surface area contributed by atoms with Crippen molar-refractivity contribution in [3.8, 4) is 67.7 Å². The molecule has 0 aliphatic heterocycles. The Morgan fingerprint density at radius 3 is 1.92 bits per heavy atom. The largest absolute Gasteiger partial charge is 0.456 e. The van der Waals surface area contributed by atoms with Crippen molar-refractivity contribution in [1.29, 1.82) is 0 Å². The van der Waals surface area contributed by atoms with Gasteiger partial charge in [0.15, 0.2) is 17.5 Å². The molecule has 0 saturated heterocycles. The number of benzene rings is 6. The minimum absolute atomic E-state index is 0.580. The van der Waals surface area contributed by atoms with Gasteiger partial charge in [0.1, 0.15) is 11.2 Å². The van der Waals surface area contributed by atoms with Crippen LogP contribution in [0.25, 0.3) is 89.6 Å². The summed E-state index contributed by atoms with van der Waals surface area (Å²) in [6.45, 7) is 2.12. The zero-order valence-electron chi connectivity index (χ0n) is 27.7. The van der Waals surface area contributed by atoms with Gasteiger partial charge in [-0.25, -0.2) is 15.0 Å². The highest BCUT2D eigenvalue weighted by Gasteiger charge is 2.20. The molecule has 0 unspecified atom stereocenters. The van der Waals surface area contributed by atoms with Gasteiger partial charge in [0.05, 0.1) is 5.69 Å². The molecule has 242 valence electrons. The number of rotatable bonds is 6. The third kappa shape index (κ3) is 5.66. The number of aromatic nitrogens is 4. The quantitative estimate of drug-likeness (QED) is 0.178. The van der Waals surface area contributed by atoms with Gasteiger partial charge in [-0.1, -0.05) is 115 Å². The smallest absolute Gasteiger partial charge is 0.164 e. The zero-order chi connectivity index (χ0) is 34.3. The van der Waals surface area contributed by atoms with Crippen molar-refractivity contribution in [3.05, 3.63) is 163 Å². The van der Waals surface area contributed by atoms with Crippen LogP contribution in [-0.4, -0.2) is 19.9 Å². The van der Waals surface area contributed by atoms with Crippen molar-refractivity contribution in [1.82, 2.24) is 19.9 Å². The van der Waals surface area contributed by atoms with E-state index in [-0.39, 0.29) is 0 Å². The fourth-order valence-electron chi connectivity index (χ4n) is 6.76. The summed E-state index contributed by atoms with van der Waals surface area (Å²) in [5.74, 6) is 1.79. The van der Waals surface area contributed by atoms with E-state index in [1.54, 1.807) is 0 Å². The van der Waals surface area contributed by atoms with Crippen molar-refractivity contribution >= 4 is 34.6 Å². The molecule has 0 N–H and O–H groups in total. The van der Waals surface area contributed by atoms with E-state index in [9.17, 15) is 0 Å². The molecule has 3 heterocycles. The van der Waals surface area contributed by atoms with Gasteiger partial charge in [-0.15, -0.1) is 12.6 Å². The summed E-state index contributed by atoms with van der Waals surface area (Å²) in [7, 11) is 0. The number of thiol groups is 1. The standard InChI is InChI=1S/C45H30N4OS/c1-28-33(35-13-5-6-19-41(35)51)14-9-15-34(28)44-47-43(31-11-3-2-4-12-31)48-45(49-44)36-16-10-18-40-42(36)37-27-32(24-25-39(37)50-40)29-20-22-30(23-21-29)38-17-7-8-26-46-38/h2-27,51H,1H3. The number of nitrogens with zero attached hydrogens (tertiary/aromatic N) is 4. The molecule has 0 aliphatic carbocycles. The molecular formula is C45H30N4OS. The molecule has 0 bridgehead atoms. The maximum Gasteiger partial charge on any atom is 0.164 e. The third-order valence-electron chi connectivity index (χ3n) is 9.35. The Hall–Kier alpha value is -6.37. The van der Waals surface area contributed by atoms with Crippen LogP contribution in [-0.2, 0) is 0 Å². The second-order valence-corrected chi connectivity index (χ2v) is 12.9. The molecule has 0 amide bonds. The lowest BCUT2D eigenvalue weighted by molar-refractivity contribution is 0.669. The van der Waals surface area contributed by atoms with Gasteiger partial charge in [0.25, 0.3) is 0 Å². The van der Waals surface area contributed by atoms with Gasteiger partial charge in [0.2, 0.25) is 0 Å². The van der Waals surface area contributed by atoms with Crippen LogP contribution < -0.4 is 0 Å². The van der Waals surface area contributed by atoms with Crippen LogP contribution in [0.3, 0.4) is 0 Å². The van der Waals surface area contributed by atoms with Crippen LogP contribution in [0.1, 0.15) is 5.56 Å². The second-order valence-electron chi connectivity index (χ2n) is 12.5. The first-order chi connectivity index (χ1) is 25.1. The topological polar surface area (TPSA) is 64.7 Å². The summed E-state index contributed by atoms with van der Waals surface area (Å²) in [6.07, 6.45) is 1.82. The van der Waals surface area contributed by atoms with E-state index in [2.05, 4.69) is 78.6 Å². The van der Waals surface area contributed by atoms with E-state index < -0.39 is 0 Å². The van der Waals surface area contributed by atoms with E-state index in [0.717, 1.165) is 82.6 Å². The van der Waals surface area contributed by atoms with Crippen LogP contribution in [0.15, 0.2) is 167 Å². The summed E-state index contributed by atoms with van der Waals surface area (Å²) < 4.78 is 6.42. The minimum Gasteiger partial charge on any atom is -0.456 e. The van der Waals surface area contributed by atoms with Crippen LogP contribution in [0.4, 0.5) is 0 Å². The van der Waals surface area contributed by atoms with Crippen molar-refractivity contribution in [3.63, 3.8) is 0 Å². The maximum atomic E-state index is 6.42. The first-order valence-corrected chi connectivity index (χ1v) is 17.2. The highest BCUT2D eigenvalue weighted by molar-refractivity contribution is 7.80. The maximum absolute atomic E-state index is 6.42.